The zero-order chi connectivity index (χ0) is 14.3. The molecule has 0 atom stereocenters. The fraction of sp³-hybridized carbons (Fsp3) is 0. The number of nitrogens with zero attached hydrogens (tertiary/aromatic N) is 3. The number of halogens is 2. The van der Waals surface area contributed by atoms with Crippen LogP contribution in [0, 0.1) is 3.57 Å². The first kappa shape index (κ1) is 13.8. The van der Waals surface area contributed by atoms with Crippen LogP contribution in [0.1, 0.15) is 0 Å². The molecule has 20 heavy (non-hydrogen) atoms. The molecule has 0 amide bonds. The van der Waals surface area contributed by atoms with E-state index < -0.39 is 10.0 Å². The molecule has 0 spiro atoms. The maximum absolute atomic E-state index is 12.6. The van der Waals surface area contributed by atoms with Gasteiger partial charge < -0.3 is 0 Å². The Hall–Kier alpha value is -1.19. The SMILES string of the molecule is O=S(=O)(c1ccccc1)n1cc(I)c2nc(Cl)ncc21. The van der Waals surface area contributed by atoms with Gasteiger partial charge in [0.05, 0.1) is 14.7 Å². The summed E-state index contributed by atoms with van der Waals surface area (Å²) in [7, 11) is -3.67. The van der Waals surface area contributed by atoms with Gasteiger partial charge in [-0.05, 0) is 46.3 Å². The molecule has 102 valence electrons. The van der Waals surface area contributed by atoms with Crippen molar-refractivity contribution in [3.63, 3.8) is 0 Å². The molecule has 2 aromatic heterocycles. The maximum Gasteiger partial charge on any atom is 0.268 e. The minimum absolute atomic E-state index is 0.0882. The predicted molar refractivity (Wildman–Crippen MR) is 84.3 cm³/mol. The van der Waals surface area contributed by atoms with E-state index in [1.807, 2.05) is 22.6 Å². The average Bonchev–Trinajstić information content (AvgIpc) is 2.77. The quantitative estimate of drug-likeness (QED) is 0.473. The van der Waals surface area contributed by atoms with Gasteiger partial charge in [0.2, 0.25) is 5.28 Å². The van der Waals surface area contributed by atoms with Crippen molar-refractivity contribution in [1.29, 1.82) is 0 Å². The molecule has 0 unspecified atom stereocenters. The standard InChI is InChI=1S/C12H7ClIN3O2S/c13-12-15-6-10-11(16-12)9(14)7-17(10)20(18,19)8-4-2-1-3-5-8/h1-7H. The zero-order valence-electron chi connectivity index (χ0n) is 9.86. The van der Waals surface area contributed by atoms with Gasteiger partial charge in [-0.1, -0.05) is 18.2 Å². The highest BCUT2D eigenvalue weighted by atomic mass is 127. The molecule has 0 saturated carbocycles. The smallest absolute Gasteiger partial charge is 0.237 e. The summed E-state index contributed by atoms with van der Waals surface area (Å²) in [5.41, 5.74) is 0.924. The third-order valence-corrected chi connectivity index (χ3v) is 5.39. The molecule has 1 aromatic carbocycles. The molecular weight excluding hydrogens is 413 g/mol. The highest BCUT2D eigenvalue weighted by molar-refractivity contribution is 14.1. The van der Waals surface area contributed by atoms with Crippen LogP contribution in [0.2, 0.25) is 5.28 Å². The Balaban J connectivity index is 2.31. The second kappa shape index (κ2) is 4.97. The molecule has 2 heterocycles. The molecular formula is C12H7ClIN3O2S. The van der Waals surface area contributed by atoms with Crippen molar-refractivity contribution in [2.45, 2.75) is 4.90 Å². The highest BCUT2D eigenvalue weighted by Crippen LogP contribution is 2.25. The fourth-order valence-corrected chi connectivity index (χ4v) is 4.19. The van der Waals surface area contributed by atoms with Gasteiger partial charge in [0.25, 0.3) is 10.0 Å². The maximum atomic E-state index is 12.6. The Morgan fingerprint density at radius 2 is 1.90 bits per heavy atom. The van der Waals surface area contributed by atoms with Crippen LogP contribution >= 0.6 is 34.2 Å². The molecule has 0 saturated heterocycles. The molecule has 0 aliphatic carbocycles. The fourth-order valence-electron chi connectivity index (χ4n) is 1.83. The third-order valence-electron chi connectivity index (χ3n) is 2.73. The molecule has 3 rings (SSSR count). The van der Waals surface area contributed by atoms with Crippen molar-refractivity contribution in [1.82, 2.24) is 13.9 Å². The Morgan fingerprint density at radius 1 is 1.20 bits per heavy atom. The van der Waals surface area contributed by atoms with Crippen molar-refractivity contribution in [3.8, 4) is 0 Å². The lowest BCUT2D eigenvalue weighted by Crippen LogP contribution is -2.11. The van der Waals surface area contributed by atoms with Crippen LogP contribution in [0.5, 0.6) is 0 Å². The number of hydrogen-bond donors (Lipinski definition) is 0. The van der Waals surface area contributed by atoms with E-state index in [9.17, 15) is 8.42 Å². The third kappa shape index (κ3) is 2.19. The summed E-state index contributed by atoms with van der Waals surface area (Å²) in [6, 6.07) is 8.21. The summed E-state index contributed by atoms with van der Waals surface area (Å²) in [5.74, 6) is 0. The molecule has 0 fully saturated rings. The molecule has 5 nitrogen and oxygen atoms in total. The Labute approximate surface area is 133 Å². The van der Waals surface area contributed by atoms with Gasteiger partial charge >= 0.3 is 0 Å². The molecule has 0 radical (unpaired) electrons. The summed E-state index contributed by atoms with van der Waals surface area (Å²) in [4.78, 5) is 8.13. The van der Waals surface area contributed by atoms with Crippen molar-refractivity contribution in [2.24, 2.45) is 0 Å². The van der Waals surface area contributed by atoms with E-state index in [-0.39, 0.29) is 10.2 Å². The van der Waals surface area contributed by atoms with E-state index in [1.54, 1.807) is 30.3 Å². The second-order valence-corrected chi connectivity index (χ2v) is 7.28. The van der Waals surface area contributed by atoms with Crippen molar-refractivity contribution >= 4 is 55.2 Å². The van der Waals surface area contributed by atoms with Crippen LogP contribution in [-0.4, -0.2) is 22.4 Å². The summed E-state index contributed by atoms with van der Waals surface area (Å²) >= 11 is 7.77. The molecule has 0 bridgehead atoms. The lowest BCUT2D eigenvalue weighted by molar-refractivity contribution is 0.589. The van der Waals surface area contributed by atoms with Crippen LogP contribution in [0.25, 0.3) is 11.0 Å². The Bertz CT molecular complexity index is 894. The molecule has 0 N–H and O–H groups in total. The van der Waals surface area contributed by atoms with E-state index in [4.69, 9.17) is 11.6 Å². The number of aromatic nitrogens is 3. The van der Waals surface area contributed by atoms with Crippen LogP contribution in [0.3, 0.4) is 0 Å². The Kier molecular flexibility index (Phi) is 3.43. The van der Waals surface area contributed by atoms with Gasteiger partial charge in [-0.3, -0.25) is 0 Å². The minimum Gasteiger partial charge on any atom is -0.237 e. The van der Waals surface area contributed by atoms with Crippen molar-refractivity contribution in [3.05, 3.63) is 51.6 Å². The number of benzene rings is 1. The van der Waals surface area contributed by atoms with E-state index >= 15 is 0 Å². The van der Waals surface area contributed by atoms with Gasteiger partial charge in [-0.25, -0.2) is 22.4 Å². The van der Waals surface area contributed by atoms with Crippen LogP contribution in [-0.2, 0) is 10.0 Å². The first-order valence-electron chi connectivity index (χ1n) is 5.50. The number of hydrogen-bond acceptors (Lipinski definition) is 4. The van der Waals surface area contributed by atoms with Crippen molar-refractivity contribution in [2.75, 3.05) is 0 Å². The lowest BCUT2D eigenvalue weighted by atomic mass is 10.4. The number of rotatable bonds is 2. The van der Waals surface area contributed by atoms with Gasteiger partial charge in [0.1, 0.15) is 11.0 Å². The summed E-state index contributed by atoms with van der Waals surface area (Å²) in [6.07, 6.45) is 2.92. The van der Waals surface area contributed by atoms with Crippen LogP contribution < -0.4 is 0 Å². The van der Waals surface area contributed by atoms with Gasteiger partial charge in [0.15, 0.2) is 0 Å². The topological polar surface area (TPSA) is 64.8 Å². The lowest BCUT2D eigenvalue weighted by Gasteiger charge is -2.06. The summed E-state index contributed by atoms with van der Waals surface area (Å²) < 4.78 is 27.1. The molecule has 3 aromatic rings. The first-order valence-corrected chi connectivity index (χ1v) is 8.39. The number of fused-ring (bicyclic) bond motifs is 1. The van der Waals surface area contributed by atoms with Crippen LogP contribution in [0.15, 0.2) is 47.6 Å². The summed E-state index contributed by atoms with van der Waals surface area (Å²) in [6.45, 7) is 0. The van der Waals surface area contributed by atoms with E-state index in [0.717, 1.165) is 0 Å². The van der Waals surface area contributed by atoms with E-state index in [1.165, 1.54) is 16.4 Å². The zero-order valence-corrected chi connectivity index (χ0v) is 13.6. The van der Waals surface area contributed by atoms with Crippen molar-refractivity contribution < 1.29 is 8.42 Å². The molecule has 0 aliphatic rings. The average molecular weight is 420 g/mol. The highest BCUT2D eigenvalue weighted by Gasteiger charge is 2.21. The second-order valence-electron chi connectivity index (χ2n) is 3.96. The normalized spacial score (nSPS) is 11.9. The van der Waals surface area contributed by atoms with E-state index in [2.05, 4.69) is 9.97 Å². The van der Waals surface area contributed by atoms with E-state index in [0.29, 0.717) is 14.6 Å². The monoisotopic (exact) mass is 419 g/mol. The summed E-state index contributed by atoms with van der Waals surface area (Å²) in [5, 5.41) is 0.0882. The van der Waals surface area contributed by atoms with Crippen LogP contribution in [0.4, 0.5) is 0 Å². The minimum atomic E-state index is -3.67. The van der Waals surface area contributed by atoms with Gasteiger partial charge in [0, 0.05) is 6.20 Å². The van der Waals surface area contributed by atoms with Gasteiger partial charge in [-0.2, -0.15) is 0 Å². The van der Waals surface area contributed by atoms with Gasteiger partial charge in [-0.15, -0.1) is 0 Å². The first-order chi connectivity index (χ1) is 9.50. The molecule has 8 heteroatoms. The Morgan fingerprint density at radius 3 is 2.60 bits per heavy atom. The predicted octanol–water partition coefficient (Wildman–Crippen LogP) is 2.93. The largest absolute Gasteiger partial charge is 0.268 e. The molecule has 0 aliphatic heterocycles.